The molecule has 1 N–H and O–H groups in total. The molecule has 1 spiro atoms. The number of aliphatic hydroxyl groups excluding tert-OH is 1. The largest absolute Gasteiger partial charge is 0.394 e. The Morgan fingerprint density at radius 2 is 1.83 bits per heavy atom. The predicted molar refractivity (Wildman–Crippen MR) is 172 cm³/mol. The van der Waals surface area contributed by atoms with Crippen LogP contribution in [0.2, 0.25) is 0 Å². The summed E-state index contributed by atoms with van der Waals surface area (Å²) in [5.41, 5.74) is 3.45. The topological polar surface area (TPSA) is 81.2 Å². The fourth-order valence-electron chi connectivity index (χ4n) is 7.13. The van der Waals surface area contributed by atoms with Gasteiger partial charge in [0.05, 0.1) is 29.2 Å². The maximum Gasteiger partial charge on any atom is 0.251 e. The summed E-state index contributed by atoms with van der Waals surface area (Å²) in [5, 5.41) is 10.6. The molecular formula is C33H38BrN3O4S. The van der Waals surface area contributed by atoms with Gasteiger partial charge in [0.25, 0.3) is 5.91 Å². The number of aryl methyl sites for hydroxylation is 2. The van der Waals surface area contributed by atoms with Crippen molar-refractivity contribution in [1.29, 1.82) is 0 Å². The van der Waals surface area contributed by atoms with Crippen LogP contribution in [0.5, 0.6) is 0 Å². The summed E-state index contributed by atoms with van der Waals surface area (Å²) >= 11 is 5.44. The van der Waals surface area contributed by atoms with Gasteiger partial charge in [-0.3, -0.25) is 14.4 Å². The number of amides is 3. The molecule has 3 saturated heterocycles. The number of alkyl halides is 1. The Kier molecular flexibility index (Phi) is 8.75. The minimum atomic E-state index is -0.898. The Labute approximate surface area is 260 Å². The first-order chi connectivity index (χ1) is 20.1. The van der Waals surface area contributed by atoms with Gasteiger partial charge in [-0.05, 0) is 43.0 Å². The second kappa shape index (κ2) is 12.0. The number of nitrogens with zero attached hydrogens (tertiary/aromatic N) is 3. The third-order valence-electron chi connectivity index (χ3n) is 8.95. The molecule has 3 fully saturated rings. The molecular weight excluding hydrogens is 614 g/mol. The van der Waals surface area contributed by atoms with E-state index in [0.717, 1.165) is 22.4 Å². The van der Waals surface area contributed by atoms with Gasteiger partial charge in [-0.15, -0.1) is 24.9 Å². The molecule has 42 heavy (non-hydrogen) atoms. The first-order valence-corrected chi connectivity index (χ1v) is 16.1. The van der Waals surface area contributed by atoms with Crippen molar-refractivity contribution in [2.45, 2.75) is 47.2 Å². The van der Waals surface area contributed by atoms with Crippen molar-refractivity contribution >= 4 is 51.1 Å². The summed E-state index contributed by atoms with van der Waals surface area (Å²) in [6, 6.07) is 13.7. The Morgan fingerprint density at radius 1 is 1.14 bits per heavy atom. The van der Waals surface area contributed by atoms with Gasteiger partial charge in [0.2, 0.25) is 11.8 Å². The van der Waals surface area contributed by atoms with Gasteiger partial charge in [-0.1, -0.05) is 70.5 Å². The molecule has 9 heteroatoms. The maximum absolute atomic E-state index is 15.0. The summed E-state index contributed by atoms with van der Waals surface area (Å²) in [5.74, 6) is -1.90. The van der Waals surface area contributed by atoms with E-state index in [9.17, 15) is 14.7 Å². The average Bonchev–Trinajstić information content (AvgIpc) is 3.57. The van der Waals surface area contributed by atoms with E-state index >= 15 is 4.79 Å². The number of halogens is 1. The molecule has 0 aromatic heterocycles. The van der Waals surface area contributed by atoms with E-state index in [-0.39, 0.29) is 41.0 Å². The molecule has 3 unspecified atom stereocenters. The van der Waals surface area contributed by atoms with E-state index in [1.165, 1.54) is 0 Å². The van der Waals surface area contributed by atoms with Crippen molar-refractivity contribution in [1.82, 2.24) is 9.80 Å². The number of hydrogen-bond donors (Lipinski definition) is 1. The summed E-state index contributed by atoms with van der Waals surface area (Å²) in [6.45, 7) is 11.9. The molecule has 0 radical (unpaired) electrons. The van der Waals surface area contributed by atoms with Crippen LogP contribution in [0.1, 0.15) is 29.2 Å². The Hall–Kier alpha value is -2.88. The van der Waals surface area contributed by atoms with Gasteiger partial charge >= 0.3 is 0 Å². The normalized spacial score (nSPS) is 28.4. The molecule has 3 amide bonds. The number of anilines is 1. The molecule has 5 rings (SSSR count). The minimum absolute atomic E-state index is 0.0502. The van der Waals surface area contributed by atoms with Crippen molar-refractivity contribution in [3.63, 3.8) is 0 Å². The van der Waals surface area contributed by atoms with E-state index in [1.807, 2.05) is 62.4 Å². The van der Waals surface area contributed by atoms with Crippen molar-refractivity contribution in [3.05, 3.63) is 90.5 Å². The van der Waals surface area contributed by atoms with Crippen LogP contribution in [0.25, 0.3) is 0 Å². The number of carbonyl (C=O) groups is 3. The third kappa shape index (κ3) is 4.83. The molecule has 0 saturated carbocycles. The van der Waals surface area contributed by atoms with E-state index < -0.39 is 28.7 Å². The van der Waals surface area contributed by atoms with Crippen LogP contribution in [-0.4, -0.2) is 80.2 Å². The van der Waals surface area contributed by atoms with Gasteiger partial charge in [-0.2, -0.15) is 0 Å². The molecule has 7 atom stereocenters. The molecule has 2 aromatic rings. The van der Waals surface area contributed by atoms with E-state index in [0.29, 0.717) is 13.0 Å². The van der Waals surface area contributed by atoms with Crippen LogP contribution >= 0.6 is 27.7 Å². The zero-order valence-electron chi connectivity index (χ0n) is 24.3. The smallest absolute Gasteiger partial charge is 0.251 e. The zero-order valence-corrected chi connectivity index (χ0v) is 26.7. The summed E-state index contributed by atoms with van der Waals surface area (Å²) < 4.78 is -0.846. The molecule has 2 bridgehead atoms. The highest BCUT2D eigenvalue weighted by atomic mass is 79.9. The van der Waals surface area contributed by atoms with Gasteiger partial charge in [0, 0.05) is 35.9 Å². The van der Waals surface area contributed by atoms with Gasteiger partial charge < -0.3 is 19.8 Å². The highest BCUT2D eigenvalue weighted by molar-refractivity contribution is 9.09. The number of hydrogen-bond acceptors (Lipinski definition) is 5. The van der Waals surface area contributed by atoms with E-state index in [2.05, 4.69) is 29.1 Å². The molecule has 0 aliphatic carbocycles. The molecule has 7 nitrogen and oxygen atoms in total. The lowest BCUT2D eigenvalue weighted by Crippen LogP contribution is -2.56. The highest BCUT2D eigenvalue weighted by Crippen LogP contribution is 2.68. The van der Waals surface area contributed by atoms with Crippen molar-refractivity contribution in [2.24, 2.45) is 11.8 Å². The molecule has 222 valence electrons. The summed E-state index contributed by atoms with van der Waals surface area (Å²) in [6.07, 6.45) is 3.92. The second-order valence-electron chi connectivity index (χ2n) is 11.6. The van der Waals surface area contributed by atoms with E-state index in [4.69, 9.17) is 0 Å². The molecule has 3 heterocycles. The van der Waals surface area contributed by atoms with E-state index in [1.54, 1.807) is 45.7 Å². The SMILES string of the molecule is C=CCN(C)C(=O)[C@H]1[C@@H]2SC3(CC2Br)C(C(=O)N(CC=C)c2cc(C)ccc2C)N([C@H](CO)c2ccccc2)C(=O)[C@H]13. The Balaban J connectivity index is 1.69. The molecule has 3 aliphatic rings. The fraction of sp³-hybridized carbons (Fsp3) is 0.424. The number of likely N-dealkylation sites (tertiary alicyclic amines) is 1. The fourth-order valence-corrected chi connectivity index (χ4v) is 10.7. The Morgan fingerprint density at radius 3 is 2.48 bits per heavy atom. The highest BCUT2D eigenvalue weighted by Gasteiger charge is 2.76. The number of likely N-dealkylation sites (N-methyl/N-ethyl adjacent to an activating group) is 1. The zero-order chi connectivity index (χ0) is 30.3. The van der Waals surface area contributed by atoms with Crippen LogP contribution in [0, 0.1) is 25.7 Å². The van der Waals surface area contributed by atoms with Crippen LogP contribution in [0.15, 0.2) is 73.8 Å². The monoisotopic (exact) mass is 651 g/mol. The van der Waals surface area contributed by atoms with Crippen LogP contribution in [0.3, 0.4) is 0 Å². The first kappa shape index (κ1) is 30.6. The van der Waals surface area contributed by atoms with Gasteiger partial charge in [-0.25, -0.2) is 0 Å². The lowest BCUT2D eigenvalue weighted by atomic mass is 9.70. The standard InChI is InChI=1S/C33H38BrN3O4S/c1-6-15-35(5)30(39)26-27-31(40)37(25(19-38)22-11-9-8-10-12-22)29(33(27)18-23(34)28(26)42-33)32(41)36(16-7-2)24-17-20(3)13-14-21(24)4/h6-14,17,23,25-29,38H,1-2,15-16,18-19H2,3-5H3/t23?,25-,26-,27+,28-,29?,33?/m1/s1. The van der Waals surface area contributed by atoms with Crippen LogP contribution in [-0.2, 0) is 14.4 Å². The van der Waals surface area contributed by atoms with Crippen molar-refractivity contribution < 1.29 is 19.5 Å². The first-order valence-electron chi connectivity index (χ1n) is 14.3. The molecule has 3 aliphatic heterocycles. The number of carbonyl (C=O) groups excluding carboxylic acids is 3. The van der Waals surface area contributed by atoms with Gasteiger partial charge in [0.1, 0.15) is 6.04 Å². The summed E-state index contributed by atoms with van der Waals surface area (Å²) in [7, 11) is 1.73. The van der Waals surface area contributed by atoms with Crippen LogP contribution < -0.4 is 4.90 Å². The number of benzene rings is 2. The number of aliphatic hydroxyl groups is 1. The second-order valence-corrected chi connectivity index (χ2v) is 14.3. The predicted octanol–water partition coefficient (Wildman–Crippen LogP) is 4.67. The lowest BCUT2D eigenvalue weighted by molar-refractivity contribution is -0.144. The summed E-state index contributed by atoms with van der Waals surface area (Å²) in [4.78, 5) is 48.5. The maximum atomic E-state index is 15.0. The van der Waals surface area contributed by atoms with Crippen molar-refractivity contribution in [2.75, 3.05) is 31.6 Å². The quantitative estimate of drug-likeness (QED) is 0.299. The number of fused-ring (bicyclic) bond motifs is 1. The van der Waals surface area contributed by atoms with Gasteiger partial charge in [0.15, 0.2) is 0 Å². The average molecular weight is 653 g/mol. The van der Waals surface area contributed by atoms with Crippen molar-refractivity contribution in [3.8, 4) is 0 Å². The number of rotatable bonds is 10. The molecule has 2 aromatic carbocycles. The Bertz CT molecular complexity index is 1400. The van der Waals surface area contributed by atoms with Crippen LogP contribution in [0.4, 0.5) is 5.69 Å². The lowest BCUT2D eigenvalue weighted by Gasteiger charge is -2.40. The number of thioether (sulfide) groups is 1. The third-order valence-corrected chi connectivity index (χ3v) is 12.2. The minimum Gasteiger partial charge on any atom is -0.394 e.